The molecule has 1 amide bonds. The van der Waals surface area contributed by atoms with Gasteiger partial charge < -0.3 is 9.73 Å². The molecule has 1 fully saturated rings. The van der Waals surface area contributed by atoms with Crippen LogP contribution in [0.5, 0.6) is 0 Å². The molecule has 1 aliphatic carbocycles. The van der Waals surface area contributed by atoms with Crippen LogP contribution in [0.2, 0.25) is 5.02 Å². The van der Waals surface area contributed by atoms with E-state index in [9.17, 15) is 9.59 Å². The number of fused-ring (bicyclic) bond motifs is 1. The lowest BCUT2D eigenvalue weighted by molar-refractivity contribution is -0.120. The fourth-order valence-corrected chi connectivity index (χ4v) is 4.74. The van der Waals surface area contributed by atoms with Gasteiger partial charge in [-0.3, -0.25) is 14.2 Å². The van der Waals surface area contributed by atoms with Crippen molar-refractivity contribution >= 4 is 40.2 Å². The molecule has 0 unspecified atom stereocenters. The first-order valence-corrected chi connectivity index (χ1v) is 11.6. The molecule has 0 radical (unpaired) electrons. The van der Waals surface area contributed by atoms with E-state index >= 15 is 0 Å². The average molecular weight is 466 g/mol. The number of thioether (sulfide) groups is 1. The van der Waals surface area contributed by atoms with Gasteiger partial charge in [-0.25, -0.2) is 4.98 Å². The third-order valence-electron chi connectivity index (χ3n) is 5.26. The third-order valence-corrected chi connectivity index (χ3v) is 6.74. The van der Waals surface area contributed by atoms with Gasteiger partial charge >= 0.3 is 0 Å². The van der Waals surface area contributed by atoms with E-state index in [0.29, 0.717) is 26.8 Å². The monoisotopic (exact) mass is 465 g/mol. The Morgan fingerprint density at radius 2 is 2.00 bits per heavy atom. The molecular weight excluding hydrogens is 446 g/mol. The van der Waals surface area contributed by atoms with Crippen molar-refractivity contribution in [2.24, 2.45) is 0 Å². The lowest BCUT2D eigenvalue weighted by atomic mass is 10.1. The summed E-state index contributed by atoms with van der Waals surface area (Å²) < 4.78 is 7.04. The molecule has 2 aromatic heterocycles. The van der Waals surface area contributed by atoms with Gasteiger partial charge in [0.15, 0.2) is 5.16 Å². The number of aromatic nitrogens is 2. The molecule has 0 spiro atoms. The molecule has 4 aromatic rings. The summed E-state index contributed by atoms with van der Waals surface area (Å²) in [6.07, 6.45) is 3.55. The van der Waals surface area contributed by atoms with Gasteiger partial charge in [-0.1, -0.05) is 53.7 Å². The van der Waals surface area contributed by atoms with Crippen LogP contribution in [-0.2, 0) is 11.3 Å². The molecule has 6 nitrogen and oxygen atoms in total. The van der Waals surface area contributed by atoms with Gasteiger partial charge in [0.25, 0.3) is 5.56 Å². The van der Waals surface area contributed by atoms with E-state index in [4.69, 9.17) is 21.0 Å². The summed E-state index contributed by atoms with van der Waals surface area (Å²) in [4.78, 5) is 31.3. The van der Waals surface area contributed by atoms with Gasteiger partial charge in [0.1, 0.15) is 11.0 Å². The molecule has 2 aromatic carbocycles. The molecule has 0 bridgehead atoms. The molecule has 2 heterocycles. The van der Waals surface area contributed by atoms with Gasteiger partial charge in [-0.05, 0) is 48.7 Å². The Morgan fingerprint density at radius 1 is 1.19 bits per heavy atom. The van der Waals surface area contributed by atoms with Crippen LogP contribution in [0.4, 0.5) is 0 Å². The summed E-state index contributed by atoms with van der Waals surface area (Å²) in [6, 6.07) is 18.4. The van der Waals surface area contributed by atoms with E-state index in [-0.39, 0.29) is 24.1 Å². The maximum absolute atomic E-state index is 13.4. The second-order valence-electron chi connectivity index (χ2n) is 7.72. The quantitative estimate of drug-likeness (QED) is 0.313. The number of carbonyl (C=O) groups excluding carboxylic acids is 1. The van der Waals surface area contributed by atoms with E-state index in [1.165, 1.54) is 11.8 Å². The molecule has 1 N–H and O–H groups in total. The van der Waals surface area contributed by atoms with Crippen molar-refractivity contribution in [3.8, 4) is 0 Å². The minimum absolute atomic E-state index is 0.0892. The number of hydrogen-bond donors (Lipinski definition) is 1. The normalized spacial score (nSPS) is 14.4. The summed E-state index contributed by atoms with van der Waals surface area (Å²) in [5.41, 5.74) is 1.13. The number of hydrogen-bond acceptors (Lipinski definition) is 5. The Bertz CT molecular complexity index is 1320. The van der Waals surface area contributed by atoms with Crippen molar-refractivity contribution in [1.29, 1.82) is 0 Å². The second-order valence-corrected chi connectivity index (χ2v) is 9.23. The Labute approximate surface area is 193 Å². The van der Waals surface area contributed by atoms with Gasteiger partial charge in [0, 0.05) is 11.1 Å². The van der Waals surface area contributed by atoms with Crippen LogP contribution in [0.1, 0.15) is 29.4 Å². The second kappa shape index (κ2) is 8.84. The van der Waals surface area contributed by atoms with Gasteiger partial charge in [0.05, 0.1) is 23.7 Å². The van der Waals surface area contributed by atoms with E-state index in [2.05, 4.69) is 5.32 Å². The van der Waals surface area contributed by atoms with Gasteiger partial charge in [-0.15, -0.1) is 0 Å². The SMILES string of the molecule is O=C(NC1CC1)[C@H](Sc1nc2cc(Cl)ccc2c(=O)n1Cc1ccco1)c1ccccc1. The molecule has 5 rings (SSSR count). The van der Waals surface area contributed by atoms with Crippen molar-refractivity contribution in [3.63, 3.8) is 0 Å². The standard InChI is InChI=1S/C24H20ClN3O3S/c25-16-8-11-19-20(13-16)27-24(28(23(19)30)14-18-7-4-12-31-18)32-21(15-5-2-1-3-6-15)22(29)26-17-9-10-17/h1-8,11-13,17,21H,9-10,14H2,(H,26,29)/t21-/m1/s1. The van der Waals surface area contributed by atoms with Gasteiger partial charge in [-0.2, -0.15) is 0 Å². The fourth-order valence-electron chi connectivity index (χ4n) is 3.47. The first kappa shape index (κ1) is 20.8. The molecule has 162 valence electrons. The summed E-state index contributed by atoms with van der Waals surface area (Å²) in [7, 11) is 0. The van der Waals surface area contributed by atoms with Crippen molar-refractivity contribution in [2.75, 3.05) is 0 Å². The van der Waals surface area contributed by atoms with Crippen molar-refractivity contribution in [1.82, 2.24) is 14.9 Å². The number of nitrogens with zero attached hydrogens (tertiary/aromatic N) is 2. The highest BCUT2D eigenvalue weighted by atomic mass is 35.5. The van der Waals surface area contributed by atoms with Crippen LogP contribution >= 0.6 is 23.4 Å². The Hall–Kier alpha value is -3.03. The maximum atomic E-state index is 13.4. The summed E-state index contributed by atoms with van der Waals surface area (Å²) in [5.74, 6) is 0.538. The maximum Gasteiger partial charge on any atom is 0.262 e. The van der Waals surface area contributed by atoms with Crippen LogP contribution in [0.15, 0.2) is 81.3 Å². The highest BCUT2D eigenvalue weighted by Crippen LogP contribution is 2.36. The zero-order chi connectivity index (χ0) is 22.1. The Balaban J connectivity index is 1.61. The molecule has 1 atom stereocenters. The zero-order valence-electron chi connectivity index (χ0n) is 17.0. The summed E-state index contributed by atoms with van der Waals surface area (Å²) in [6.45, 7) is 0.214. The molecule has 0 saturated heterocycles. The van der Waals surface area contributed by atoms with E-state index < -0.39 is 5.25 Å². The average Bonchev–Trinajstić information content (AvgIpc) is 3.45. The molecule has 32 heavy (non-hydrogen) atoms. The number of nitrogens with one attached hydrogen (secondary N) is 1. The largest absolute Gasteiger partial charge is 0.467 e. The first-order valence-electron chi connectivity index (χ1n) is 10.3. The minimum Gasteiger partial charge on any atom is -0.467 e. The van der Waals surface area contributed by atoms with Crippen molar-refractivity contribution in [2.45, 2.75) is 35.8 Å². The summed E-state index contributed by atoms with van der Waals surface area (Å²) in [5, 5.41) is 3.92. The van der Waals surface area contributed by atoms with Crippen LogP contribution in [0.3, 0.4) is 0 Å². The van der Waals surface area contributed by atoms with Gasteiger partial charge in [0.2, 0.25) is 5.91 Å². The van der Waals surface area contributed by atoms with Crippen LogP contribution < -0.4 is 10.9 Å². The number of amides is 1. The topological polar surface area (TPSA) is 77.1 Å². The molecule has 8 heteroatoms. The van der Waals surface area contributed by atoms with Crippen LogP contribution in [-0.4, -0.2) is 21.5 Å². The first-order chi connectivity index (χ1) is 15.6. The third kappa shape index (κ3) is 4.45. The molecule has 1 aliphatic rings. The van der Waals surface area contributed by atoms with Crippen LogP contribution in [0, 0.1) is 0 Å². The summed E-state index contributed by atoms with van der Waals surface area (Å²) >= 11 is 7.42. The van der Waals surface area contributed by atoms with Crippen LogP contribution in [0.25, 0.3) is 10.9 Å². The highest BCUT2D eigenvalue weighted by Gasteiger charge is 2.30. The van der Waals surface area contributed by atoms with Crippen molar-refractivity contribution < 1.29 is 9.21 Å². The molecule has 1 saturated carbocycles. The molecule has 0 aliphatic heterocycles. The van der Waals surface area contributed by atoms with E-state index in [0.717, 1.165) is 18.4 Å². The Morgan fingerprint density at radius 3 is 2.72 bits per heavy atom. The van der Waals surface area contributed by atoms with E-state index in [1.54, 1.807) is 41.2 Å². The highest BCUT2D eigenvalue weighted by molar-refractivity contribution is 8.00. The number of carbonyl (C=O) groups is 1. The minimum atomic E-state index is -0.553. The fraction of sp³-hybridized carbons (Fsp3) is 0.208. The number of benzene rings is 2. The lowest BCUT2D eigenvalue weighted by Crippen LogP contribution is -2.31. The predicted molar refractivity (Wildman–Crippen MR) is 125 cm³/mol. The zero-order valence-corrected chi connectivity index (χ0v) is 18.6. The van der Waals surface area contributed by atoms with E-state index in [1.807, 2.05) is 30.3 Å². The number of furan rings is 1. The number of rotatable bonds is 7. The predicted octanol–water partition coefficient (Wildman–Crippen LogP) is 4.80. The molecular formula is C24H20ClN3O3S. The number of halogens is 1. The lowest BCUT2D eigenvalue weighted by Gasteiger charge is -2.19. The Kier molecular flexibility index (Phi) is 5.76. The smallest absolute Gasteiger partial charge is 0.262 e. The van der Waals surface area contributed by atoms with Crippen molar-refractivity contribution in [3.05, 3.63) is 93.6 Å².